The van der Waals surface area contributed by atoms with E-state index < -0.39 is 25.5 Å². The fraction of sp³-hybridized carbons (Fsp3) is 0.214. The zero-order chi connectivity index (χ0) is 16.6. The van der Waals surface area contributed by atoms with Gasteiger partial charge in [-0.05, 0) is 23.7 Å². The molecule has 22 heavy (non-hydrogen) atoms. The Labute approximate surface area is 132 Å². The lowest BCUT2D eigenvalue weighted by Crippen LogP contribution is -2.06. The van der Waals surface area contributed by atoms with Gasteiger partial charge in [-0.3, -0.25) is 18.4 Å². The molecule has 0 atom stereocenters. The van der Waals surface area contributed by atoms with Crippen molar-refractivity contribution in [1.82, 2.24) is 0 Å². The van der Waals surface area contributed by atoms with E-state index in [1.54, 1.807) is 0 Å². The summed E-state index contributed by atoms with van der Waals surface area (Å²) in [5, 5.41) is -0.855. The lowest BCUT2D eigenvalue weighted by atomic mass is 10.1. The van der Waals surface area contributed by atoms with Gasteiger partial charge in [-0.25, -0.2) is 8.96 Å². The second-order valence-corrected chi connectivity index (χ2v) is 5.94. The Hall–Kier alpha value is -1.30. The fourth-order valence-corrected chi connectivity index (χ4v) is 2.70. The van der Waals surface area contributed by atoms with Crippen molar-refractivity contribution in [3.05, 3.63) is 60.5 Å². The third-order valence-electron chi connectivity index (χ3n) is 2.40. The highest BCUT2D eigenvalue weighted by atomic mass is 35.5. The summed E-state index contributed by atoms with van der Waals surface area (Å²) in [6, 6.07) is 3.79. The highest BCUT2D eigenvalue weighted by molar-refractivity contribution is 7.48. The molecule has 8 heteroatoms. The second kappa shape index (κ2) is 8.98. The smallest absolute Gasteiger partial charge is 0.283 e. The number of rotatable bonds is 10. The molecule has 120 valence electrons. The summed E-state index contributed by atoms with van der Waals surface area (Å²) in [4.78, 5) is 11.3. The van der Waals surface area contributed by atoms with E-state index in [4.69, 9.17) is 25.2 Å². The SMILES string of the molecule is C=CCOP(=O)(OCC=C)OCc1c(F)cccc1C(=O)Cl. The van der Waals surface area contributed by atoms with Gasteiger partial charge < -0.3 is 0 Å². The van der Waals surface area contributed by atoms with Gasteiger partial charge in [0.15, 0.2) is 0 Å². The third kappa shape index (κ3) is 5.48. The van der Waals surface area contributed by atoms with Crippen LogP contribution in [0.25, 0.3) is 0 Å². The molecule has 1 aromatic rings. The predicted molar refractivity (Wildman–Crippen MR) is 81.3 cm³/mol. The van der Waals surface area contributed by atoms with E-state index in [-0.39, 0.29) is 24.3 Å². The maximum absolute atomic E-state index is 13.8. The molecular weight excluding hydrogens is 334 g/mol. The summed E-state index contributed by atoms with van der Waals surface area (Å²) < 4.78 is 41.0. The van der Waals surface area contributed by atoms with Crippen LogP contribution in [0.5, 0.6) is 0 Å². The van der Waals surface area contributed by atoms with Crippen LogP contribution >= 0.6 is 19.4 Å². The number of phosphoric ester groups is 1. The number of halogens is 2. The average molecular weight is 349 g/mol. The normalized spacial score (nSPS) is 11.2. The number of carbonyl (C=O) groups excluding carboxylic acids is 1. The molecule has 0 heterocycles. The quantitative estimate of drug-likeness (QED) is 0.359. The van der Waals surface area contributed by atoms with Crippen LogP contribution in [0.2, 0.25) is 0 Å². The second-order valence-electron chi connectivity index (χ2n) is 3.93. The van der Waals surface area contributed by atoms with Crippen LogP contribution < -0.4 is 0 Å². The topological polar surface area (TPSA) is 61.8 Å². The first-order chi connectivity index (χ1) is 10.4. The molecule has 0 aliphatic carbocycles. The molecular formula is C14H15ClFO5P. The monoisotopic (exact) mass is 348 g/mol. The molecule has 0 aliphatic heterocycles. The molecule has 0 radical (unpaired) electrons. The average Bonchev–Trinajstić information content (AvgIpc) is 2.49. The standard InChI is InChI=1S/C14H15ClFO5P/c1-3-8-19-22(18,20-9-4-2)21-10-12-11(14(15)17)6-5-7-13(12)16/h3-7H,1-2,8-10H2. The van der Waals surface area contributed by atoms with E-state index in [1.807, 2.05) is 0 Å². The zero-order valence-corrected chi connectivity index (χ0v) is 13.3. The van der Waals surface area contributed by atoms with E-state index >= 15 is 0 Å². The third-order valence-corrected chi connectivity index (χ3v) is 3.98. The van der Waals surface area contributed by atoms with E-state index in [2.05, 4.69) is 13.2 Å². The Morgan fingerprint density at radius 3 is 2.32 bits per heavy atom. The Morgan fingerprint density at radius 1 is 1.23 bits per heavy atom. The van der Waals surface area contributed by atoms with Gasteiger partial charge in [0.2, 0.25) is 0 Å². The molecule has 0 aromatic heterocycles. The van der Waals surface area contributed by atoms with Crippen molar-refractivity contribution in [2.45, 2.75) is 6.61 Å². The van der Waals surface area contributed by atoms with E-state index in [1.165, 1.54) is 24.3 Å². The Kier molecular flexibility index (Phi) is 7.65. The maximum Gasteiger partial charge on any atom is 0.475 e. The van der Waals surface area contributed by atoms with Gasteiger partial charge in [-0.2, -0.15) is 0 Å². The van der Waals surface area contributed by atoms with Crippen molar-refractivity contribution in [3.8, 4) is 0 Å². The van der Waals surface area contributed by atoms with Gasteiger partial charge >= 0.3 is 7.82 Å². The highest BCUT2D eigenvalue weighted by Crippen LogP contribution is 2.50. The molecule has 0 bridgehead atoms. The molecule has 0 spiro atoms. The molecule has 0 aliphatic rings. The minimum Gasteiger partial charge on any atom is -0.283 e. The summed E-state index contributed by atoms with van der Waals surface area (Å²) in [7, 11) is -3.95. The van der Waals surface area contributed by atoms with Crippen molar-refractivity contribution in [3.63, 3.8) is 0 Å². The van der Waals surface area contributed by atoms with Gasteiger partial charge in [0.05, 0.1) is 19.8 Å². The van der Waals surface area contributed by atoms with Crippen LogP contribution in [0.15, 0.2) is 43.5 Å². The van der Waals surface area contributed by atoms with Crippen LogP contribution in [0.3, 0.4) is 0 Å². The van der Waals surface area contributed by atoms with E-state index in [0.717, 1.165) is 6.07 Å². The molecule has 0 unspecified atom stereocenters. The van der Waals surface area contributed by atoms with Crippen LogP contribution in [-0.4, -0.2) is 18.5 Å². The molecule has 0 N–H and O–H groups in total. The van der Waals surface area contributed by atoms with Gasteiger partial charge in [-0.15, -0.1) is 13.2 Å². The van der Waals surface area contributed by atoms with Crippen LogP contribution in [0, 0.1) is 5.82 Å². The first kappa shape index (κ1) is 18.7. The summed E-state index contributed by atoms with van der Waals surface area (Å²) >= 11 is 5.38. The van der Waals surface area contributed by atoms with E-state index in [0.29, 0.717) is 0 Å². The molecule has 5 nitrogen and oxygen atoms in total. The lowest BCUT2D eigenvalue weighted by Gasteiger charge is -2.17. The van der Waals surface area contributed by atoms with E-state index in [9.17, 15) is 13.8 Å². The van der Waals surface area contributed by atoms with Crippen molar-refractivity contribution >= 4 is 24.7 Å². The Bertz CT molecular complexity index is 589. The number of benzene rings is 1. The number of carbonyl (C=O) groups is 1. The lowest BCUT2D eigenvalue weighted by molar-refractivity contribution is 0.106. The molecule has 0 fully saturated rings. The van der Waals surface area contributed by atoms with Crippen LogP contribution in [0.1, 0.15) is 15.9 Å². The number of hydrogen-bond donors (Lipinski definition) is 0. The van der Waals surface area contributed by atoms with Crippen LogP contribution in [-0.2, 0) is 24.7 Å². The molecule has 0 amide bonds. The fourth-order valence-electron chi connectivity index (χ4n) is 1.43. The van der Waals surface area contributed by atoms with Gasteiger partial charge in [0, 0.05) is 11.1 Å². The number of hydrogen-bond acceptors (Lipinski definition) is 5. The first-order valence-electron chi connectivity index (χ1n) is 6.16. The molecule has 0 saturated heterocycles. The minimum atomic E-state index is -3.95. The van der Waals surface area contributed by atoms with Crippen LogP contribution in [0.4, 0.5) is 4.39 Å². The van der Waals surface area contributed by atoms with Crippen molar-refractivity contribution in [2.75, 3.05) is 13.2 Å². The summed E-state index contributed by atoms with van der Waals surface area (Å²) in [5.41, 5.74) is -0.215. The molecule has 0 saturated carbocycles. The Morgan fingerprint density at radius 2 is 1.82 bits per heavy atom. The molecule has 1 rings (SSSR count). The van der Waals surface area contributed by atoms with Gasteiger partial charge in [-0.1, -0.05) is 18.2 Å². The largest absolute Gasteiger partial charge is 0.475 e. The summed E-state index contributed by atoms with van der Waals surface area (Å²) in [6.07, 6.45) is 2.70. The number of phosphoric acid groups is 1. The predicted octanol–water partition coefficient (Wildman–Crippen LogP) is 4.23. The minimum absolute atomic E-state index is 0.0827. The van der Waals surface area contributed by atoms with Gasteiger partial charge in [0.1, 0.15) is 5.82 Å². The van der Waals surface area contributed by atoms with Gasteiger partial charge in [0.25, 0.3) is 5.24 Å². The Balaban J connectivity index is 2.93. The highest BCUT2D eigenvalue weighted by Gasteiger charge is 2.27. The maximum atomic E-state index is 13.8. The first-order valence-corrected chi connectivity index (χ1v) is 8.00. The summed E-state index contributed by atoms with van der Waals surface area (Å²) in [6.45, 7) is 6.14. The van der Waals surface area contributed by atoms with Crippen molar-refractivity contribution in [2.24, 2.45) is 0 Å². The van der Waals surface area contributed by atoms with Crippen molar-refractivity contribution < 1.29 is 27.3 Å². The van der Waals surface area contributed by atoms with Crippen molar-refractivity contribution in [1.29, 1.82) is 0 Å². The zero-order valence-electron chi connectivity index (χ0n) is 11.7. The summed E-state index contributed by atoms with van der Waals surface area (Å²) in [5.74, 6) is -0.717. The molecule has 1 aromatic carbocycles.